The summed E-state index contributed by atoms with van der Waals surface area (Å²) in [6.07, 6.45) is 4.55. The molecule has 142 valence electrons. The molecule has 1 aromatic carbocycles. The van der Waals surface area contributed by atoms with E-state index in [0.29, 0.717) is 12.2 Å². The number of aromatic amines is 1. The number of amides is 1. The number of H-pyrrole nitrogens is 1. The van der Waals surface area contributed by atoms with Crippen molar-refractivity contribution in [1.82, 2.24) is 14.8 Å². The lowest BCUT2D eigenvalue weighted by atomic mass is 9.86. The van der Waals surface area contributed by atoms with Crippen molar-refractivity contribution < 1.29 is 4.79 Å². The predicted molar refractivity (Wildman–Crippen MR) is 107 cm³/mol. The zero-order chi connectivity index (χ0) is 18.6. The summed E-state index contributed by atoms with van der Waals surface area (Å²) < 4.78 is 0. The van der Waals surface area contributed by atoms with Gasteiger partial charge in [-0.05, 0) is 25.0 Å². The lowest BCUT2D eigenvalue weighted by molar-refractivity contribution is 0.0218. The molecular weight excluding hydrogens is 324 g/mol. The number of nitrogens with one attached hydrogen (secondary N) is 1. The SMILES string of the molecule is CCCC(CN)(CCC)N1CCN(C(=O)c2cc3ccccc3[nH]2)CC1. The molecule has 1 saturated heterocycles. The number of rotatable bonds is 7. The Bertz CT molecular complexity index is 691. The van der Waals surface area contributed by atoms with Crippen molar-refractivity contribution >= 4 is 16.8 Å². The largest absolute Gasteiger partial charge is 0.351 e. The standard InChI is InChI=1S/C21H32N4O/c1-3-9-21(16-22,10-4-2)25-13-11-24(12-14-25)20(26)19-15-17-7-5-6-8-18(17)23-19/h5-8,15,23H,3-4,9-14,16,22H2,1-2H3. The van der Waals surface area contributed by atoms with Crippen LogP contribution in [0, 0.1) is 0 Å². The minimum Gasteiger partial charge on any atom is -0.351 e. The second kappa shape index (κ2) is 8.23. The van der Waals surface area contributed by atoms with E-state index in [1.165, 1.54) is 0 Å². The quantitative estimate of drug-likeness (QED) is 0.800. The van der Waals surface area contributed by atoms with Crippen molar-refractivity contribution in [2.24, 2.45) is 5.73 Å². The molecule has 0 spiro atoms. The number of para-hydroxylation sites is 1. The fraction of sp³-hybridized carbons (Fsp3) is 0.571. The third-order valence-electron chi connectivity index (χ3n) is 5.81. The van der Waals surface area contributed by atoms with Gasteiger partial charge in [0.25, 0.3) is 5.91 Å². The van der Waals surface area contributed by atoms with Crippen molar-refractivity contribution in [1.29, 1.82) is 0 Å². The molecule has 2 aromatic rings. The van der Waals surface area contributed by atoms with Crippen molar-refractivity contribution in [3.63, 3.8) is 0 Å². The van der Waals surface area contributed by atoms with E-state index in [1.54, 1.807) is 0 Å². The molecule has 1 aliphatic rings. The van der Waals surface area contributed by atoms with Gasteiger partial charge < -0.3 is 15.6 Å². The normalized spacial score (nSPS) is 16.3. The summed E-state index contributed by atoms with van der Waals surface area (Å²) in [5, 5.41) is 1.09. The molecule has 0 atom stereocenters. The van der Waals surface area contributed by atoms with Crippen LogP contribution in [0.15, 0.2) is 30.3 Å². The number of carbonyl (C=O) groups excluding carboxylic acids is 1. The first-order valence-corrected chi connectivity index (χ1v) is 9.95. The van der Waals surface area contributed by atoms with E-state index in [9.17, 15) is 4.79 Å². The van der Waals surface area contributed by atoms with Gasteiger partial charge in [-0.3, -0.25) is 9.69 Å². The Hall–Kier alpha value is -1.85. The Kier molecular flexibility index (Phi) is 5.99. The molecule has 5 nitrogen and oxygen atoms in total. The van der Waals surface area contributed by atoms with E-state index < -0.39 is 0 Å². The van der Waals surface area contributed by atoms with E-state index in [0.717, 1.165) is 62.8 Å². The molecule has 1 aromatic heterocycles. The lowest BCUT2D eigenvalue weighted by Gasteiger charge is -2.47. The van der Waals surface area contributed by atoms with Crippen LogP contribution in [0.1, 0.15) is 50.0 Å². The van der Waals surface area contributed by atoms with Gasteiger partial charge in [0.1, 0.15) is 5.69 Å². The number of benzene rings is 1. The number of aromatic nitrogens is 1. The molecule has 3 rings (SSSR count). The van der Waals surface area contributed by atoms with Gasteiger partial charge >= 0.3 is 0 Å². The summed E-state index contributed by atoms with van der Waals surface area (Å²) in [5.41, 5.74) is 8.01. The molecular formula is C21H32N4O. The summed E-state index contributed by atoms with van der Waals surface area (Å²) >= 11 is 0. The van der Waals surface area contributed by atoms with Crippen LogP contribution in [0.25, 0.3) is 10.9 Å². The molecule has 1 aliphatic heterocycles. The minimum atomic E-state index is 0.0970. The third kappa shape index (κ3) is 3.64. The van der Waals surface area contributed by atoms with Gasteiger partial charge in [-0.15, -0.1) is 0 Å². The predicted octanol–water partition coefficient (Wildman–Crippen LogP) is 3.22. The van der Waals surface area contributed by atoms with Crippen LogP contribution in [-0.4, -0.2) is 59.0 Å². The molecule has 0 radical (unpaired) electrons. The first kappa shape index (κ1) is 18.9. The highest BCUT2D eigenvalue weighted by atomic mass is 16.2. The van der Waals surface area contributed by atoms with E-state index in [-0.39, 0.29) is 11.4 Å². The average molecular weight is 357 g/mol. The number of piperazine rings is 1. The van der Waals surface area contributed by atoms with E-state index in [1.807, 2.05) is 35.2 Å². The van der Waals surface area contributed by atoms with Crippen LogP contribution in [-0.2, 0) is 0 Å². The fourth-order valence-corrected chi connectivity index (χ4v) is 4.45. The van der Waals surface area contributed by atoms with E-state index in [4.69, 9.17) is 5.73 Å². The molecule has 1 fully saturated rings. The van der Waals surface area contributed by atoms with E-state index >= 15 is 0 Å². The highest BCUT2D eigenvalue weighted by molar-refractivity contribution is 5.98. The lowest BCUT2D eigenvalue weighted by Crippen LogP contribution is -2.60. The molecule has 0 saturated carbocycles. The maximum atomic E-state index is 12.9. The molecule has 0 bridgehead atoms. The van der Waals surface area contributed by atoms with Crippen molar-refractivity contribution in [3.05, 3.63) is 36.0 Å². The van der Waals surface area contributed by atoms with Crippen LogP contribution in [0.5, 0.6) is 0 Å². The number of nitrogens with zero attached hydrogens (tertiary/aromatic N) is 2. The van der Waals surface area contributed by atoms with E-state index in [2.05, 4.69) is 23.7 Å². The second-order valence-corrected chi connectivity index (χ2v) is 7.48. The zero-order valence-corrected chi connectivity index (χ0v) is 16.1. The van der Waals surface area contributed by atoms with Gasteiger partial charge in [0.2, 0.25) is 0 Å². The highest BCUT2D eigenvalue weighted by Crippen LogP contribution is 2.28. The van der Waals surface area contributed by atoms with Crippen LogP contribution in [0.3, 0.4) is 0 Å². The first-order chi connectivity index (χ1) is 12.6. The first-order valence-electron chi connectivity index (χ1n) is 9.95. The van der Waals surface area contributed by atoms with Gasteiger partial charge in [-0.25, -0.2) is 0 Å². The summed E-state index contributed by atoms with van der Waals surface area (Å²) in [6.45, 7) is 8.51. The monoisotopic (exact) mass is 356 g/mol. The number of nitrogens with two attached hydrogens (primary N) is 1. The Morgan fingerprint density at radius 2 is 1.77 bits per heavy atom. The molecule has 0 aliphatic carbocycles. The number of hydrogen-bond acceptors (Lipinski definition) is 3. The van der Waals surface area contributed by atoms with Gasteiger partial charge in [0.15, 0.2) is 0 Å². The fourth-order valence-electron chi connectivity index (χ4n) is 4.45. The third-order valence-corrected chi connectivity index (χ3v) is 5.81. The summed E-state index contributed by atoms with van der Waals surface area (Å²) in [4.78, 5) is 20.7. The molecule has 0 unspecified atom stereocenters. The molecule has 26 heavy (non-hydrogen) atoms. The molecule has 5 heteroatoms. The average Bonchev–Trinajstić information content (AvgIpc) is 3.11. The van der Waals surface area contributed by atoms with Gasteiger partial charge in [0, 0.05) is 49.2 Å². The number of carbonyl (C=O) groups is 1. The van der Waals surface area contributed by atoms with Crippen LogP contribution >= 0.6 is 0 Å². The maximum absolute atomic E-state index is 12.9. The number of fused-ring (bicyclic) bond motifs is 1. The second-order valence-electron chi connectivity index (χ2n) is 7.48. The molecule has 1 amide bonds. The summed E-state index contributed by atoms with van der Waals surface area (Å²) in [5.74, 6) is 0.102. The Balaban J connectivity index is 1.68. The Morgan fingerprint density at radius 3 is 2.35 bits per heavy atom. The summed E-state index contributed by atoms with van der Waals surface area (Å²) in [7, 11) is 0. The summed E-state index contributed by atoms with van der Waals surface area (Å²) in [6, 6.07) is 9.99. The van der Waals surface area contributed by atoms with Crippen LogP contribution in [0.4, 0.5) is 0 Å². The highest BCUT2D eigenvalue weighted by Gasteiger charge is 2.36. The van der Waals surface area contributed by atoms with Gasteiger partial charge in [0.05, 0.1) is 0 Å². The smallest absolute Gasteiger partial charge is 0.270 e. The molecule has 3 N–H and O–H groups in total. The van der Waals surface area contributed by atoms with Crippen molar-refractivity contribution in [2.75, 3.05) is 32.7 Å². The van der Waals surface area contributed by atoms with Crippen LogP contribution in [0.2, 0.25) is 0 Å². The minimum absolute atomic E-state index is 0.0970. The Labute approximate surface area is 156 Å². The van der Waals surface area contributed by atoms with Crippen molar-refractivity contribution in [3.8, 4) is 0 Å². The maximum Gasteiger partial charge on any atom is 0.270 e. The van der Waals surface area contributed by atoms with Crippen molar-refractivity contribution in [2.45, 2.75) is 45.1 Å². The van der Waals surface area contributed by atoms with Gasteiger partial charge in [-0.1, -0.05) is 44.9 Å². The van der Waals surface area contributed by atoms with Gasteiger partial charge in [-0.2, -0.15) is 0 Å². The topological polar surface area (TPSA) is 65.4 Å². The molecule has 2 heterocycles. The zero-order valence-electron chi connectivity index (χ0n) is 16.1. The Morgan fingerprint density at radius 1 is 1.12 bits per heavy atom. The number of hydrogen-bond donors (Lipinski definition) is 2. The van der Waals surface area contributed by atoms with Crippen LogP contribution < -0.4 is 5.73 Å².